The largest absolute Gasteiger partial charge is 0.481 e. The summed E-state index contributed by atoms with van der Waals surface area (Å²) in [5.41, 5.74) is 2.01. The zero-order valence-corrected chi connectivity index (χ0v) is 15.3. The van der Waals surface area contributed by atoms with E-state index in [1.54, 1.807) is 32.2 Å². The Hall–Kier alpha value is -2.57. The first-order chi connectivity index (χ1) is 11.5. The fraction of sp³-hybridized carbons (Fsp3) is 0.500. The molecule has 0 bridgehead atoms. The van der Waals surface area contributed by atoms with Gasteiger partial charge in [-0.15, -0.1) is 0 Å². The maximum atomic E-state index is 12.2. The van der Waals surface area contributed by atoms with Crippen LogP contribution in [0.15, 0.2) is 22.6 Å². The molecule has 1 unspecified atom stereocenters. The number of aliphatic carboxylic acids is 1. The van der Waals surface area contributed by atoms with Crippen molar-refractivity contribution in [1.82, 2.24) is 9.88 Å². The molecule has 0 saturated carbocycles. The molecule has 2 aromatic rings. The SMILES string of the molecule is CC(CN(C)C(=O)Nc1ccc2oc(CC(C)(C)C)nc2c1)C(=O)O. The van der Waals surface area contributed by atoms with Gasteiger partial charge in [-0.2, -0.15) is 0 Å². The van der Waals surface area contributed by atoms with Crippen LogP contribution in [0.4, 0.5) is 10.5 Å². The molecule has 2 rings (SSSR count). The Bertz CT molecular complexity index is 776. The van der Waals surface area contributed by atoms with E-state index < -0.39 is 11.9 Å². The second-order valence-electron chi connectivity index (χ2n) is 7.58. The van der Waals surface area contributed by atoms with Crippen molar-refractivity contribution < 1.29 is 19.1 Å². The van der Waals surface area contributed by atoms with E-state index in [0.717, 1.165) is 6.42 Å². The van der Waals surface area contributed by atoms with Crippen molar-refractivity contribution in [1.29, 1.82) is 0 Å². The maximum absolute atomic E-state index is 12.2. The molecule has 2 amide bonds. The summed E-state index contributed by atoms with van der Waals surface area (Å²) in [5.74, 6) is -0.901. The number of aromatic nitrogens is 1. The lowest BCUT2D eigenvalue weighted by atomic mass is 9.92. The van der Waals surface area contributed by atoms with Crippen molar-refractivity contribution in [2.75, 3.05) is 18.9 Å². The van der Waals surface area contributed by atoms with Crippen molar-refractivity contribution in [2.24, 2.45) is 11.3 Å². The van der Waals surface area contributed by atoms with Gasteiger partial charge in [0, 0.05) is 25.7 Å². The molecule has 136 valence electrons. The standard InChI is InChI=1S/C18H25N3O4/c1-11(16(22)23)10-21(5)17(24)19-12-6-7-14-13(8-12)20-15(25-14)9-18(2,3)4/h6-8,11H,9-10H2,1-5H3,(H,19,24)(H,22,23). The van der Waals surface area contributed by atoms with E-state index in [2.05, 4.69) is 31.1 Å². The summed E-state index contributed by atoms with van der Waals surface area (Å²) < 4.78 is 5.73. The van der Waals surface area contributed by atoms with Crippen LogP contribution >= 0.6 is 0 Å². The Labute approximate surface area is 147 Å². The number of rotatable bonds is 5. The number of carbonyl (C=O) groups excluding carboxylic acids is 1. The lowest BCUT2D eigenvalue weighted by Crippen LogP contribution is -2.36. The first-order valence-electron chi connectivity index (χ1n) is 8.19. The van der Waals surface area contributed by atoms with Gasteiger partial charge in [-0.05, 0) is 23.6 Å². The van der Waals surface area contributed by atoms with Crippen molar-refractivity contribution in [3.8, 4) is 0 Å². The zero-order valence-electron chi connectivity index (χ0n) is 15.3. The minimum atomic E-state index is -0.935. The molecule has 0 aliphatic heterocycles. The summed E-state index contributed by atoms with van der Waals surface area (Å²) in [7, 11) is 1.56. The maximum Gasteiger partial charge on any atom is 0.321 e. The highest BCUT2D eigenvalue weighted by Crippen LogP contribution is 2.25. The van der Waals surface area contributed by atoms with Gasteiger partial charge >= 0.3 is 12.0 Å². The second kappa shape index (κ2) is 7.13. The summed E-state index contributed by atoms with van der Waals surface area (Å²) in [6.45, 7) is 8.03. The van der Waals surface area contributed by atoms with E-state index >= 15 is 0 Å². The molecule has 1 aromatic carbocycles. The van der Waals surface area contributed by atoms with Crippen LogP contribution in [0.25, 0.3) is 11.1 Å². The summed E-state index contributed by atoms with van der Waals surface area (Å²) in [5, 5.41) is 11.7. The van der Waals surface area contributed by atoms with Gasteiger partial charge in [-0.25, -0.2) is 9.78 Å². The number of oxazole rings is 1. The van der Waals surface area contributed by atoms with Crippen LogP contribution in [0.5, 0.6) is 0 Å². The molecule has 2 N–H and O–H groups in total. The van der Waals surface area contributed by atoms with Gasteiger partial charge in [0.25, 0.3) is 0 Å². The second-order valence-corrected chi connectivity index (χ2v) is 7.58. The Kier molecular flexibility index (Phi) is 5.35. The number of hydrogen-bond acceptors (Lipinski definition) is 4. The highest BCUT2D eigenvalue weighted by Gasteiger charge is 2.19. The highest BCUT2D eigenvalue weighted by atomic mass is 16.4. The molecule has 7 nitrogen and oxygen atoms in total. The average molecular weight is 347 g/mol. The fourth-order valence-electron chi connectivity index (χ4n) is 2.37. The van der Waals surface area contributed by atoms with Crippen LogP contribution in [0.3, 0.4) is 0 Å². The lowest BCUT2D eigenvalue weighted by Gasteiger charge is -2.19. The number of urea groups is 1. The monoisotopic (exact) mass is 347 g/mol. The molecular weight excluding hydrogens is 322 g/mol. The first-order valence-corrected chi connectivity index (χ1v) is 8.19. The van der Waals surface area contributed by atoms with Gasteiger partial charge < -0.3 is 19.7 Å². The molecule has 25 heavy (non-hydrogen) atoms. The molecular formula is C18H25N3O4. The van der Waals surface area contributed by atoms with Gasteiger partial charge in [0.2, 0.25) is 0 Å². The Morgan fingerprint density at radius 1 is 1.36 bits per heavy atom. The van der Waals surface area contributed by atoms with Crippen LogP contribution in [-0.4, -0.2) is 40.6 Å². The fourth-order valence-corrected chi connectivity index (χ4v) is 2.37. The average Bonchev–Trinajstić information content (AvgIpc) is 2.85. The summed E-state index contributed by atoms with van der Waals surface area (Å²) in [6.07, 6.45) is 0.721. The van der Waals surface area contributed by atoms with Crippen LogP contribution in [0, 0.1) is 11.3 Å². The number of fused-ring (bicyclic) bond motifs is 1. The molecule has 0 aliphatic rings. The van der Waals surface area contributed by atoms with E-state index in [1.165, 1.54) is 4.90 Å². The number of carboxylic acid groups (broad SMARTS) is 1. The minimum absolute atomic E-state index is 0.0709. The summed E-state index contributed by atoms with van der Waals surface area (Å²) in [6, 6.07) is 4.88. The number of nitrogens with one attached hydrogen (secondary N) is 1. The van der Waals surface area contributed by atoms with Gasteiger partial charge in [-0.1, -0.05) is 27.7 Å². The van der Waals surface area contributed by atoms with Gasteiger partial charge in [0.05, 0.1) is 5.92 Å². The Morgan fingerprint density at radius 2 is 2.04 bits per heavy atom. The summed E-state index contributed by atoms with van der Waals surface area (Å²) in [4.78, 5) is 28.9. The van der Waals surface area contributed by atoms with Gasteiger partial charge in [0.1, 0.15) is 5.52 Å². The van der Waals surface area contributed by atoms with Crippen molar-refractivity contribution >= 4 is 28.8 Å². The molecule has 1 heterocycles. The van der Waals surface area contributed by atoms with Crippen LogP contribution < -0.4 is 5.32 Å². The number of hydrogen-bond donors (Lipinski definition) is 2. The third kappa shape index (κ3) is 5.20. The van der Waals surface area contributed by atoms with Crippen molar-refractivity contribution in [3.05, 3.63) is 24.1 Å². The van der Waals surface area contributed by atoms with Crippen LogP contribution in [0.1, 0.15) is 33.6 Å². The molecule has 7 heteroatoms. The van der Waals surface area contributed by atoms with Crippen LogP contribution in [-0.2, 0) is 11.2 Å². The molecule has 0 aliphatic carbocycles. The van der Waals surface area contributed by atoms with Gasteiger partial charge in [-0.3, -0.25) is 4.79 Å². The van der Waals surface area contributed by atoms with E-state index in [-0.39, 0.29) is 18.0 Å². The molecule has 0 spiro atoms. The minimum Gasteiger partial charge on any atom is -0.481 e. The third-order valence-electron chi connectivity index (χ3n) is 3.68. The molecule has 1 aromatic heterocycles. The van der Waals surface area contributed by atoms with Crippen molar-refractivity contribution in [2.45, 2.75) is 34.1 Å². The first kappa shape index (κ1) is 18.8. The van der Waals surface area contributed by atoms with E-state index in [0.29, 0.717) is 22.7 Å². The summed E-state index contributed by atoms with van der Waals surface area (Å²) >= 11 is 0. The highest BCUT2D eigenvalue weighted by molar-refractivity contribution is 5.91. The van der Waals surface area contributed by atoms with Crippen molar-refractivity contribution in [3.63, 3.8) is 0 Å². The molecule has 1 atom stereocenters. The third-order valence-corrected chi connectivity index (χ3v) is 3.68. The topological polar surface area (TPSA) is 95.7 Å². The smallest absolute Gasteiger partial charge is 0.321 e. The predicted molar refractivity (Wildman–Crippen MR) is 95.6 cm³/mol. The Morgan fingerprint density at radius 3 is 2.64 bits per heavy atom. The van der Waals surface area contributed by atoms with Crippen LogP contribution in [0.2, 0.25) is 0 Å². The number of carbonyl (C=O) groups is 2. The number of amides is 2. The quantitative estimate of drug-likeness (QED) is 0.861. The normalized spacial score (nSPS) is 12.8. The lowest BCUT2D eigenvalue weighted by molar-refractivity contribution is -0.141. The number of benzene rings is 1. The molecule has 0 fully saturated rings. The zero-order chi connectivity index (χ0) is 18.8. The molecule has 0 saturated heterocycles. The number of carboxylic acids is 1. The number of nitrogens with zero attached hydrogens (tertiary/aromatic N) is 2. The number of anilines is 1. The molecule has 0 radical (unpaired) electrons. The van der Waals surface area contributed by atoms with E-state index in [1.807, 2.05) is 0 Å². The van der Waals surface area contributed by atoms with E-state index in [9.17, 15) is 9.59 Å². The van der Waals surface area contributed by atoms with E-state index in [4.69, 9.17) is 9.52 Å². The predicted octanol–water partition coefficient (Wildman–Crippen LogP) is 3.60. The Balaban J connectivity index is 2.08. The van der Waals surface area contributed by atoms with Gasteiger partial charge in [0.15, 0.2) is 11.5 Å².